The van der Waals surface area contributed by atoms with Crippen molar-refractivity contribution in [2.24, 2.45) is 10.7 Å². The number of ether oxygens (including phenoxy) is 1. The van der Waals surface area contributed by atoms with E-state index in [0.717, 1.165) is 0 Å². The van der Waals surface area contributed by atoms with Crippen molar-refractivity contribution >= 4 is 11.9 Å². The third-order valence-corrected chi connectivity index (χ3v) is 3.23. The van der Waals surface area contributed by atoms with E-state index in [1.807, 2.05) is 11.9 Å². The van der Waals surface area contributed by atoms with Crippen molar-refractivity contribution in [2.45, 2.75) is 32.4 Å². The first-order valence-corrected chi connectivity index (χ1v) is 6.23. The number of esters is 1. The summed E-state index contributed by atoms with van der Waals surface area (Å²) in [7, 11) is 3.28. The van der Waals surface area contributed by atoms with E-state index >= 15 is 0 Å². The molecule has 0 aliphatic heterocycles. The minimum Gasteiger partial charge on any atom is -0.465 e. The lowest BCUT2D eigenvalue weighted by Gasteiger charge is -2.16. The van der Waals surface area contributed by atoms with Crippen molar-refractivity contribution < 1.29 is 13.9 Å². The molecule has 2 rings (SSSR count). The van der Waals surface area contributed by atoms with E-state index in [0.29, 0.717) is 35.6 Å². The molecular formula is C13H19N3O3. The average Bonchev–Trinajstić information content (AvgIpc) is 3.18. The Morgan fingerprint density at radius 1 is 1.63 bits per heavy atom. The summed E-state index contributed by atoms with van der Waals surface area (Å²) in [6.45, 7) is 2.04. The third-order valence-electron chi connectivity index (χ3n) is 3.23. The fourth-order valence-electron chi connectivity index (χ4n) is 1.85. The number of carbonyl (C=O) groups excluding carboxylic acids is 1. The molecule has 0 radical (unpaired) electrons. The predicted molar refractivity (Wildman–Crippen MR) is 70.9 cm³/mol. The molecule has 19 heavy (non-hydrogen) atoms. The molecule has 6 heteroatoms. The molecule has 6 nitrogen and oxygen atoms in total. The zero-order valence-corrected chi connectivity index (χ0v) is 11.5. The molecule has 1 heterocycles. The molecule has 0 saturated heterocycles. The van der Waals surface area contributed by atoms with Gasteiger partial charge in [-0.05, 0) is 25.8 Å². The number of rotatable bonds is 4. The van der Waals surface area contributed by atoms with Gasteiger partial charge in [0.15, 0.2) is 5.96 Å². The van der Waals surface area contributed by atoms with Gasteiger partial charge in [-0.25, -0.2) is 9.79 Å². The Hall–Kier alpha value is -1.98. The summed E-state index contributed by atoms with van der Waals surface area (Å²) in [5, 5.41) is 0. The van der Waals surface area contributed by atoms with Gasteiger partial charge in [0.2, 0.25) is 0 Å². The van der Waals surface area contributed by atoms with E-state index < -0.39 is 5.97 Å². The normalized spacial score (nSPS) is 15.4. The Labute approximate surface area is 112 Å². The van der Waals surface area contributed by atoms with Crippen molar-refractivity contribution in [1.82, 2.24) is 4.90 Å². The van der Waals surface area contributed by atoms with Gasteiger partial charge in [0.05, 0.1) is 7.11 Å². The van der Waals surface area contributed by atoms with E-state index in [1.54, 1.807) is 13.0 Å². The highest BCUT2D eigenvalue weighted by Crippen LogP contribution is 2.25. The molecule has 1 aromatic heterocycles. The second kappa shape index (κ2) is 5.34. The monoisotopic (exact) mass is 265 g/mol. The maximum Gasteiger partial charge on any atom is 0.341 e. The minimum absolute atomic E-state index is 0.320. The van der Waals surface area contributed by atoms with E-state index in [9.17, 15) is 4.79 Å². The number of carbonyl (C=O) groups is 1. The highest BCUT2D eigenvalue weighted by molar-refractivity contribution is 5.90. The third kappa shape index (κ3) is 3.07. The van der Waals surface area contributed by atoms with Gasteiger partial charge in [0.1, 0.15) is 23.6 Å². The number of furan rings is 1. The Balaban J connectivity index is 2.03. The van der Waals surface area contributed by atoms with Gasteiger partial charge in [-0.15, -0.1) is 0 Å². The first-order chi connectivity index (χ1) is 9.02. The second-order valence-corrected chi connectivity index (χ2v) is 4.69. The van der Waals surface area contributed by atoms with Gasteiger partial charge in [-0.2, -0.15) is 0 Å². The summed E-state index contributed by atoms with van der Waals surface area (Å²) in [4.78, 5) is 17.7. The Bertz CT molecular complexity index is 503. The summed E-state index contributed by atoms with van der Waals surface area (Å²) >= 11 is 0. The highest BCUT2D eigenvalue weighted by atomic mass is 16.5. The maximum atomic E-state index is 11.4. The van der Waals surface area contributed by atoms with E-state index in [4.69, 9.17) is 10.2 Å². The van der Waals surface area contributed by atoms with Crippen LogP contribution >= 0.6 is 0 Å². The number of aliphatic imine (C=N–C) groups is 1. The number of nitrogens with zero attached hydrogens (tertiary/aromatic N) is 2. The van der Waals surface area contributed by atoms with Crippen LogP contribution in [0.25, 0.3) is 0 Å². The average molecular weight is 265 g/mol. The van der Waals surface area contributed by atoms with Crippen LogP contribution in [0.1, 0.15) is 34.7 Å². The summed E-state index contributed by atoms with van der Waals surface area (Å²) in [6, 6.07) is 2.17. The Morgan fingerprint density at radius 2 is 2.32 bits per heavy atom. The van der Waals surface area contributed by atoms with Crippen LogP contribution < -0.4 is 5.73 Å². The number of aryl methyl sites for hydroxylation is 1. The smallest absolute Gasteiger partial charge is 0.341 e. The summed E-state index contributed by atoms with van der Waals surface area (Å²) < 4.78 is 10.1. The largest absolute Gasteiger partial charge is 0.465 e. The van der Waals surface area contributed by atoms with Crippen LogP contribution in [0, 0.1) is 6.92 Å². The molecule has 2 N–H and O–H groups in total. The molecule has 1 aliphatic rings. The van der Waals surface area contributed by atoms with Gasteiger partial charge in [-0.1, -0.05) is 0 Å². The van der Waals surface area contributed by atoms with Crippen molar-refractivity contribution in [3.05, 3.63) is 23.2 Å². The van der Waals surface area contributed by atoms with Crippen molar-refractivity contribution in [3.63, 3.8) is 0 Å². The number of methoxy groups -OCH3 is 1. The maximum absolute atomic E-state index is 11.4. The van der Waals surface area contributed by atoms with Gasteiger partial charge in [0.25, 0.3) is 0 Å². The number of hydrogen-bond donors (Lipinski definition) is 1. The molecule has 0 aromatic carbocycles. The fourth-order valence-corrected chi connectivity index (χ4v) is 1.85. The zero-order chi connectivity index (χ0) is 14.0. The van der Waals surface area contributed by atoms with Gasteiger partial charge >= 0.3 is 5.97 Å². The molecule has 0 bridgehead atoms. The van der Waals surface area contributed by atoms with Crippen molar-refractivity contribution in [2.75, 3.05) is 14.2 Å². The van der Waals surface area contributed by atoms with Gasteiger partial charge < -0.3 is 19.8 Å². The molecule has 0 atom stereocenters. The van der Waals surface area contributed by atoms with Crippen molar-refractivity contribution in [1.29, 1.82) is 0 Å². The molecule has 0 unspecified atom stereocenters. The Morgan fingerprint density at radius 3 is 2.89 bits per heavy atom. The number of nitrogens with two attached hydrogens (primary N) is 1. The van der Waals surface area contributed by atoms with Crippen LogP contribution in [0.15, 0.2) is 15.5 Å². The molecule has 1 fully saturated rings. The molecule has 1 aromatic rings. The molecule has 1 aliphatic carbocycles. The molecule has 0 amide bonds. The van der Waals surface area contributed by atoms with Gasteiger partial charge in [0, 0.05) is 13.1 Å². The van der Waals surface area contributed by atoms with Crippen LogP contribution in [-0.2, 0) is 11.3 Å². The predicted octanol–water partition coefficient (Wildman–Crippen LogP) is 1.28. The first kappa shape index (κ1) is 13.5. The first-order valence-electron chi connectivity index (χ1n) is 6.23. The highest BCUT2D eigenvalue weighted by Gasteiger charge is 2.27. The SMILES string of the molecule is COC(=O)c1cc(CN=C(N)N(C)C2CC2)oc1C. The van der Waals surface area contributed by atoms with Crippen LogP contribution in [0.5, 0.6) is 0 Å². The quantitative estimate of drug-likeness (QED) is 0.504. The summed E-state index contributed by atoms with van der Waals surface area (Å²) in [6.07, 6.45) is 2.33. The number of guanidine groups is 1. The van der Waals surface area contributed by atoms with Crippen LogP contribution in [-0.4, -0.2) is 37.0 Å². The standard InChI is InChI=1S/C13H19N3O3/c1-8-11(12(17)18-3)6-10(19-8)7-15-13(14)16(2)9-4-5-9/h6,9H,4-5,7H2,1-3H3,(H2,14,15). The minimum atomic E-state index is -0.403. The van der Waals surface area contributed by atoms with Crippen LogP contribution in [0.4, 0.5) is 0 Å². The van der Waals surface area contributed by atoms with Gasteiger partial charge in [-0.3, -0.25) is 0 Å². The fraction of sp³-hybridized carbons (Fsp3) is 0.538. The van der Waals surface area contributed by atoms with E-state index in [2.05, 4.69) is 9.73 Å². The lowest BCUT2D eigenvalue weighted by atomic mass is 10.2. The molecule has 104 valence electrons. The Kier molecular flexibility index (Phi) is 3.78. The summed E-state index contributed by atoms with van der Waals surface area (Å²) in [5.41, 5.74) is 6.31. The van der Waals surface area contributed by atoms with E-state index in [1.165, 1.54) is 20.0 Å². The second-order valence-electron chi connectivity index (χ2n) is 4.69. The van der Waals surface area contributed by atoms with Crippen molar-refractivity contribution in [3.8, 4) is 0 Å². The molecule has 0 spiro atoms. The van der Waals surface area contributed by atoms with Crippen LogP contribution in [0.2, 0.25) is 0 Å². The molecular weight excluding hydrogens is 246 g/mol. The molecule has 1 saturated carbocycles. The lowest BCUT2D eigenvalue weighted by molar-refractivity contribution is 0.0599. The van der Waals surface area contributed by atoms with Crippen LogP contribution in [0.3, 0.4) is 0 Å². The summed E-state index contributed by atoms with van der Waals surface area (Å²) in [5.74, 6) is 1.23. The van der Waals surface area contributed by atoms with E-state index in [-0.39, 0.29) is 0 Å². The zero-order valence-electron chi connectivity index (χ0n) is 11.5. The topological polar surface area (TPSA) is 81.1 Å². The lowest BCUT2D eigenvalue weighted by Crippen LogP contribution is -2.35. The number of hydrogen-bond acceptors (Lipinski definition) is 4.